The highest BCUT2D eigenvalue weighted by Gasteiger charge is 2.19. The molecule has 0 saturated heterocycles. The monoisotopic (exact) mass is 268 g/mol. The number of aliphatic hydroxyl groups is 1. The van der Waals surface area contributed by atoms with Crippen LogP contribution in [-0.2, 0) is 6.42 Å². The summed E-state index contributed by atoms with van der Waals surface area (Å²) in [4.78, 5) is 0. The van der Waals surface area contributed by atoms with E-state index in [1.54, 1.807) is 19.1 Å². The summed E-state index contributed by atoms with van der Waals surface area (Å²) < 4.78 is 0.909. The minimum absolute atomic E-state index is 0.0871. The van der Waals surface area contributed by atoms with Crippen molar-refractivity contribution >= 4 is 15.9 Å². The zero-order valence-electron chi connectivity index (χ0n) is 8.50. The van der Waals surface area contributed by atoms with E-state index in [0.29, 0.717) is 12.0 Å². The van der Waals surface area contributed by atoms with Crippen molar-refractivity contribution in [3.8, 4) is 6.07 Å². The lowest BCUT2D eigenvalue weighted by molar-refractivity contribution is 0.208. The largest absolute Gasteiger partial charge is 0.394 e. The molecule has 0 bridgehead atoms. The fourth-order valence-corrected chi connectivity index (χ4v) is 1.66. The van der Waals surface area contributed by atoms with Gasteiger partial charge in [0.15, 0.2) is 0 Å². The quantitative estimate of drug-likeness (QED) is 0.875. The van der Waals surface area contributed by atoms with Crippen LogP contribution in [0.5, 0.6) is 0 Å². The molecule has 0 aliphatic heterocycles. The van der Waals surface area contributed by atoms with Crippen molar-refractivity contribution in [1.82, 2.24) is 0 Å². The number of rotatable bonds is 3. The second-order valence-electron chi connectivity index (χ2n) is 3.91. The Hall–Kier alpha value is -0.890. The molecule has 0 aliphatic rings. The van der Waals surface area contributed by atoms with Crippen LogP contribution >= 0.6 is 15.9 Å². The summed E-state index contributed by atoms with van der Waals surface area (Å²) in [5.41, 5.74) is 6.74. The SMILES string of the molecule is CC(N)(CO)Cc1cc(C#N)ccc1Br. The number of hydrogen-bond donors (Lipinski definition) is 2. The van der Waals surface area contributed by atoms with E-state index in [4.69, 9.17) is 16.1 Å². The smallest absolute Gasteiger partial charge is 0.0991 e. The Morgan fingerprint density at radius 3 is 2.80 bits per heavy atom. The van der Waals surface area contributed by atoms with Crippen molar-refractivity contribution in [3.63, 3.8) is 0 Å². The van der Waals surface area contributed by atoms with Crippen LogP contribution in [0.25, 0.3) is 0 Å². The van der Waals surface area contributed by atoms with Crippen molar-refractivity contribution < 1.29 is 5.11 Å². The first kappa shape index (κ1) is 12.2. The fourth-order valence-electron chi connectivity index (χ4n) is 1.27. The lowest BCUT2D eigenvalue weighted by Crippen LogP contribution is -2.42. The van der Waals surface area contributed by atoms with E-state index in [1.165, 1.54) is 0 Å². The Morgan fingerprint density at radius 1 is 1.60 bits per heavy atom. The van der Waals surface area contributed by atoms with Gasteiger partial charge in [0.05, 0.1) is 18.2 Å². The van der Waals surface area contributed by atoms with Gasteiger partial charge < -0.3 is 10.8 Å². The van der Waals surface area contributed by atoms with Crippen LogP contribution in [0.3, 0.4) is 0 Å². The predicted octanol–water partition coefficient (Wildman–Crippen LogP) is 1.57. The summed E-state index contributed by atoms with van der Waals surface area (Å²) in [5, 5.41) is 17.8. The topological polar surface area (TPSA) is 70.0 Å². The predicted molar refractivity (Wildman–Crippen MR) is 62.2 cm³/mol. The van der Waals surface area contributed by atoms with Crippen LogP contribution in [0.2, 0.25) is 0 Å². The number of nitrogens with two attached hydrogens (primary N) is 1. The summed E-state index contributed by atoms with van der Waals surface area (Å²) in [7, 11) is 0. The molecule has 15 heavy (non-hydrogen) atoms. The van der Waals surface area contributed by atoms with E-state index in [2.05, 4.69) is 22.0 Å². The molecule has 80 valence electrons. The van der Waals surface area contributed by atoms with Crippen LogP contribution in [0.15, 0.2) is 22.7 Å². The number of halogens is 1. The Labute approximate surface area is 97.7 Å². The highest BCUT2D eigenvalue weighted by Crippen LogP contribution is 2.21. The average molecular weight is 269 g/mol. The van der Waals surface area contributed by atoms with Gasteiger partial charge in [0, 0.05) is 10.0 Å². The van der Waals surface area contributed by atoms with E-state index in [9.17, 15) is 0 Å². The van der Waals surface area contributed by atoms with E-state index in [0.717, 1.165) is 10.0 Å². The van der Waals surface area contributed by atoms with Gasteiger partial charge in [-0.2, -0.15) is 5.26 Å². The maximum absolute atomic E-state index is 9.07. The van der Waals surface area contributed by atoms with E-state index < -0.39 is 5.54 Å². The normalized spacial score (nSPS) is 14.3. The second-order valence-corrected chi connectivity index (χ2v) is 4.76. The highest BCUT2D eigenvalue weighted by molar-refractivity contribution is 9.10. The van der Waals surface area contributed by atoms with Crippen LogP contribution in [0.1, 0.15) is 18.1 Å². The molecular weight excluding hydrogens is 256 g/mol. The number of nitriles is 1. The summed E-state index contributed by atoms with van der Waals surface area (Å²) in [6, 6.07) is 7.41. The standard InChI is InChI=1S/C11H13BrN2O/c1-11(14,7-15)5-9-4-8(6-13)2-3-10(9)12/h2-4,15H,5,7,14H2,1H3. The zero-order valence-corrected chi connectivity index (χ0v) is 10.1. The molecule has 1 rings (SSSR count). The number of aliphatic hydroxyl groups excluding tert-OH is 1. The van der Waals surface area contributed by atoms with E-state index in [1.807, 2.05) is 6.07 Å². The molecule has 3 N–H and O–H groups in total. The van der Waals surface area contributed by atoms with E-state index >= 15 is 0 Å². The minimum atomic E-state index is -0.656. The molecule has 1 unspecified atom stereocenters. The first-order valence-electron chi connectivity index (χ1n) is 4.57. The van der Waals surface area contributed by atoms with Crippen molar-refractivity contribution in [3.05, 3.63) is 33.8 Å². The Balaban J connectivity index is 2.99. The minimum Gasteiger partial charge on any atom is -0.394 e. The first-order chi connectivity index (χ1) is 6.98. The summed E-state index contributed by atoms with van der Waals surface area (Å²) in [5.74, 6) is 0. The molecule has 0 radical (unpaired) electrons. The molecule has 3 nitrogen and oxygen atoms in total. The Bertz CT molecular complexity index is 396. The molecule has 1 atom stereocenters. The number of hydrogen-bond acceptors (Lipinski definition) is 3. The lowest BCUT2D eigenvalue weighted by Gasteiger charge is -2.22. The summed E-state index contributed by atoms with van der Waals surface area (Å²) in [6.07, 6.45) is 0.527. The Morgan fingerprint density at radius 2 is 2.27 bits per heavy atom. The molecular formula is C11H13BrN2O. The van der Waals surface area contributed by atoms with Gasteiger partial charge >= 0.3 is 0 Å². The summed E-state index contributed by atoms with van der Waals surface area (Å²) in [6.45, 7) is 1.69. The van der Waals surface area contributed by atoms with Crippen molar-refractivity contribution in [1.29, 1.82) is 5.26 Å². The fraction of sp³-hybridized carbons (Fsp3) is 0.364. The third-order valence-electron chi connectivity index (χ3n) is 2.13. The van der Waals surface area contributed by atoms with Gasteiger partial charge in [0.25, 0.3) is 0 Å². The molecule has 0 amide bonds. The van der Waals surface area contributed by atoms with Crippen LogP contribution in [0, 0.1) is 11.3 Å². The third-order valence-corrected chi connectivity index (χ3v) is 2.90. The Kier molecular flexibility index (Phi) is 3.86. The van der Waals surface area contributed by atoms with Gasteiger partial charge in [-0.05, 0) is 37.1 Å². The first-order valence-corrected chi connectivity index (χ1v) is 5.36. The molecule has 1 aromatic carbocycles. The van der Waals surface area contributed by atoms with Gasteiger partial charge in [0.2, 0.25) is 0 Å². The van der Waals surface area contributed by atoms with Crippen LogP contribution in [0.4, 0.5) is 0 Å². The number of benzene rings is 1. The molecule has 0 heterocycles. The van der Waals surface area contributed by atoms with Gasteiger partial charge in [-0.3, -0.25) is 0 Å². The van der Waals surface area contributed by atoms with Crippen molar-refractivity contribution in [2.24, 2.45) is 5.73 Å². The van der Waals surface area contributed by atoms with Gasteiger partial charge in [0.1, 0.15) is 0 Å². The molecule has 0 aliphatic carbocycles. The van der Waals surface area contributed by atoms with Gasteiger partial charge in [-0.1, -0.05) is 15.9 Å². The molecule has 0 spiro atoms. The number of nitrogens with zero attached hydrogens (tertiary/aromatic N) is 1. The lowest BCUT2D eigenvalue weighted by atomic mass is 9.94. The average Bonchev–Trinajstić information content (AvgIpc) is 2.21. The molecule has 0 saturated carbocycles. The second kappa shape index (κ2) is 4.75. The van der Waals surface area contributed by atoms with Crippen LogP contribution < -0.4 is 5.73 Å². The maximum Gasteiger partial charge on any atom is 0.0991 e. The van der Waals surface area contributed by atoms with Crippen molar-refractivity contribution in [2.75, 3.05) is 6.61 Å². The van der Waals surface area contributed by atoms with E-state index in [-0.39, 0.29) is 6.61 Å². The van der Waals surface area contributed by atoms with Gasteiger partial charge in [-0.25, -0.2) is 0 Å². The molecule has 0 fully saturated rings. The summed E-state index contributed by atoms with van der Waals surface area (Å²) >= 11 is 3.39. The maximum atomic E-state index is 9.07. The molecule has 4 heteroatoms. The molecule has 1 aromatic rings. The third kappa shape index (κ3) is 3.31. The zero-order chi connectivity index (χ0) is 11.5. The van der Waals surface area contributed by atoms with Crippen molar-refractivity contribution in [2.45, 2.75) is 18.9 Å². The van der Waals surface area contributed by atoms with Crippen LogP contribution in [-0.4, -0.2) is 17.3 Å². The molecule has 0 aromatic heterocycles. The highest BCUT2D eigenvalue weighted by atomic mass is 79.9. The van der Waals surface area contributed by atoms with Gasteiger partial charge in [-0.15, -0.1) is 0 Å².